The molecule has 1 saturated heterocycles. The Morgan fingerprint density at radius 3 is 3.17 bits per heavy atom. The van der Waals surface area contributed by atoms with Crippen LogP contribution in [0.2, 0.25) is 5.15 Å². The number of piperidine rings is 1. The predicted octanol–water partition coefficient (Wildman–Crippen LogP) is 2.78. The summed E-state index contributed by atoms with van der Waals surface area (Å²) in [5, 5.41) is 6.53. The largest absolute Gasteiger partial charge is 0.490 e. The molecule has 1 aliphatic heterocycles. The van der Waals surface area contributed by atoms with Crippen molar-refractivity contribution in [1.29, 1.82) is 0 Å². The molecule has 0 unspecified atom stereocenters. The van der Waals surface area contributed by atoms with Gasteiger partial charge in [-0.25, -0.2) is 4.98 Å². The highest BCUT2D eigenvalue weighted by molar-refractivity contribution is 6.30. The zero-order chi connectivity index (χ0) is 16.8. The molecule has 1 atom stereocenters. The van der Waals surface area contributed by atoms with Crippen molar-refractivity contribution in [2.45, 2.75) is 31.8 Å². The molecule has 24 heavy (non-hydrogen) atoms. The Balaban J connectivity index is 1.55. The number of pyridine rings is 1. The third-order valence-electron chi connectivity index (χ3n) is 3.93. The second-order valence-corrected chi connectivity index (χ2v) is 6.10. The zero-order valence-corrected chi connectivity index (χ0v) is 14.0. The number of hydrogen-bond acceptors (Lipinski definition) is 5. The average Bonchev–Trinajstić information content (AvgIpc) is 3.15. The van der Waals surface area contributed by atoms with Gasteiger partial charge < -0.3 is 19.8 Å². The Bertz CT molecular complexity index is 670. The molecular weight excluding hydrogens is 330 g/mol. The molecule has 0 bridgehead atoms. The lowest BCUT2D eigenvalue weighted by Crippen LogP contribution is -2.38. The first kappa shape index (κ1) is 16.8. The van der Waals surface area contributed by atoms with Crippen LogP contribution in [0.4, 0.5) is 0 Å². The van der Waals surface area contributed by atoms with Crippen LogP contribution in [0.1, 0.15) is 35.4 Å². The van der Waals surface area contributed by atoms with Crippen LogP contribution in [-0.4, -0.2) is 30.1 Å². The third kappa shape index (κ3) is 4.49. The smallest absolute Gasteiger partial charge is 0.287 e. The minimum Gasteiger partial charge on any atom is -0.490 e. The number of nitrogens with zero attached hydrogens (tertiary/aromatic N) is 1. The molecule has 7 heteroatoms. The lowest BCUT2D eigenvalue weighted by Gasteiger charge is -2.23. The van der Waals surface area contributed by atoms with E-state index in [4.69, 9.17) is 20.8 Å². The molecule has 128 valence electrons. The van der Waals surface area contributed by atoms with Gasteiger partial charge in [0, 0.05) is 18.2 Å². The molecule has 0 spiro atoms. The van der Waals surface area contributed by atoms with Gasteiger partial charge in [-0.15, -0.1) is 0 Å². The Morgan fingerprint density at radius 2 is 2.42 bits per heavy atom. The Labute approximate surface area is 145 Å². The van der Waals surface area contributed by atoms with Crippen molar-refractivity contribution < 1.29 is 13.9 Å². The molecule has 2 N–H and O–H groups in total. The van der Waals surface area contributed by atoms with Crippen molar-refractivity contribution in [2.24, 2.45) is 0 Å². The average molecular weight is 350 g/mol. The van der Waals surface area contributed by atoms with Crippen molar-refractivity contribution in [3.63, 3.8) is 0 Å². The molecule has 1 aliphatic rings. The number of nitrogens with one attached hydrogen (secondary N) is 2. The number of halogens is 1. The van der Waals surface area contributed by atoms with Gasteiger partial charge in [-0.3, -0.25) is 4.79 Å². The second-order valence-electron chi connectivity index (χ2n) is 5.74. The number of ether oxygens (including phenoxy) is 1. The first-order valence-corrected chi connectivity index (χ1v) is 8.42. The summed E-state index contributed by atoms with van der Waals surface area (Å²) in [6, 6.07) is 5.44. The number of amides is 1. The van der Waals surface area contributed by atoms with E-state index in [0.717, 1.165) is 13.0 Å². The van der Waals surface area contributed by atoms with Crippen LogP contribution < -0.4 is 15.4 Å². The number of rotatable bonds is 6. The molecule has 1 fully saturated rings. The Hall–Kier alpha value is -2.05. The van der Waals surface area contributed by atoms with Crippen LogP contribution in [0.5, 0.6) is 5.75 Å². The van der Waals surface area contributed by atoms with E-state index in [1.54, 1.807) is 24.4 Å². The van der Waals surface area contributed by atoms with E-state index in [0.29, 0.717) is 29.1 Å². The minimum absolute atomic E-state index is 0.254. The van der Waals surface area contributed by atoms with Crippen LogP contribution in [0.3, 0.4) is 0 Å². The van der Waals surface area contributed by atoms with E-state index < -0.39 is 0 Å². The molecule has 0 aromatic carbocycles. The van der Waals surface area contributed by atoms with Crippen LogP contribution in [0.15, 0.2) is 35.1 Å². The molecule has 3 rings (SSSR count). The topological polar surface area (TPSA) is 76.4 Å². The monoisotopic (exact) mass is 349 g/mol. The predicted molar refractivity (Wildman–Crippen MR) is 90.3 cm³/mol. The van der Waals surface area contributed by atoms with Gasteiger partial charge in [0.1, 0.15) is 17.5 Å². The van der Waals surface area contributed by atoms with Crippen LogP contribution >= 0.6 is 11.6 Å². The highest BCUT2D eigenvalue weighted by Gasteiger charge is 2.14. The summed E-state index contributed by atoms with van der Waals surface area (Å²) >= 11 is 6.10. The molecule has 2 aromatic heterocycles. The summed E-state index contributed by atoms with van der Waals surface area (Å²) in [6.07, 6.45) is 6.62. The molecule has 0 radical (unpaired) electrons. The van der Waals surface area contributed by atoms with Crippen LogP contribution in [-0.2, 0) is 6.54 Å². The summed E-state index contributed by atoms with van der Waals surface area (Å²) in [6.45, 7) is 1.89. The highest BCUT2D eigenvalue weighted by atomic mass is 35.5. The molecule has 0 aliphatic carbocycles. The van der Waals surface area contributed by atoms with Gasteiger partial charge in [-0.1, -0.05) is 18.0 Å². The van der Waals surface area contributed by atoms with Gasteiger partial charge in [-0.05, 0) is 37.6 Å². The molecule has 2 aromatic rings. The fraction of sp³-hybridized carbons (Fsp3) is 0.412. The van der Waals surface area contributed by atoms with E-state index in [-0.39, 0.29) is 18.2 Å². The van der Waals surface area contributed by atoms with Crippen LogP contribution in [0.25, 0.3) is 0 Å². The quantitative estimate of drug-likeness (QED) is 0.784. The van der Waals surface area contributed by atoms with Gasteiger partial charge in [0.15, 0.2) is 5.76 Å². The normalized spacial score (nSPS) is 17.5. The molecular formula is C17H20ClN3O3. The van der Waals surface area contributed by atoms with E-state index in [1.165, 1.54) is 19.1 Å². The lowest BCUT2D eigenvalue weighted by atomic mass is 10.1. The standard InChI is InChI=1S/C17H20ClN3O3/c18-16-12(9-21-17(22)15-5-3-7-23-15)8-14(10-20-16)24-11-13-4-1-2-6-19-13/h3,5,7-8,10,13,19H,1-2,4,6,9,11H2,(H,21,22)/t13-/m1/s1. The number of carbonyl (C=O) groups excluding carboxylic acids is 1. The first-order chi connectivity index (χ1) is 11.7. The number of furan rings is 1. The van der Waals surface area contributed by atoms with Gasteiger partial charge in [-0.2, -0.15) is 0 Å². The summed E-state index contributed by atoms with van der Waals surface area (Å²) in [5.41, 5.74) is 0.700. The lowest BCUT2D eigenvalue weighted by molar-refractivity contribution is 0.0923. The Morgan fingerprint density at radius 1 is 1.50 bits per heavy atom. The maximum atomic E-state index is 11.9. The van der Waals surface area contributed by atoms with Crippen molar-refractivity contribution in [3.8, 4) is 5.75 Å². The van der Waals surface area contributed by atoms with Gasteiger partial charge in [0.2, 0.25) is 0 Å². The van der Waals surface area contributed by atoms with Crippen LogP contribution in [0, 0.1) is 0 Å². The summed E-state index contributed by atoms with van der Waals surface area (Å²) in [4.78, 5) is 16.0. The van der Waals surface area contributed by atoms with Crippen molar-refractivity contribution in [1.82, 2.24) is 15.6 Å². The summed E-state index contributed by atoms with van der Waals surface area (Å²) in [7, 11) is 0. The molecule has 1 amide bonds. The maximum absolute atomic E-state index is 11.9. The van der Waals surface area contributed by atoms with E-state index in [1.807, 2.05) is 0 Å². The van der Waals surface area contributed by atoms with Gasteiger partial charge >= 0.3 is 0 Å². The molecule has 3 heterocycles. The van der Waals surface area contributed by atoms with Gasteiger partial charge in [0.05, 0.1) is 12.5 Å². The van der Waals surface area contributed by atoms with Crippen molar-refractivity contribution >= 4 is 17.5 Å². The number of hydrogen-bond donors (Lipinski definition) is 2. The number of carbonyl (C=O) groups is 1. The number of aromatic nitrogens is 1. The summed E-state index contributed by atoms with van der Waals surface area (Å²) in [5.74, 6) is 0.609. The van der Waals surface area contributed by atoms with Gasteiger partial charge in [0.25, 0.3) is 5.91 Å². The second kappa shape index (κ2) is 8.17. The minimum atomic E-state index is -0.297. The molecule has 0 saturated carbocycles. The fourth-order valence-corrected chi connectivity index (χ4v) is 2.78. The first-order valence-electron chi connectivity index (χ1n) is 8.04. The van der Waals surface area contributed by atoms with Crippen molar-refractivity contribution in [2.75, 3.05) is 13.2 Å². The van der Waals surface area contributed by atoms with E-state index in [9.17, 15) is 4.79 Å². The van der Waals surface area contributed by atoms with E-state index >= 15 is 0 Å². The molecule has 6 nitrogen and oxygen atoms in total. The summed E-state index contributed by atoms with van der Waals surface area (Å²) < 4.78 is 10.9. The van der Waals surface area contributed by atoms with Crippen molar-refractivity contribution in [3.05, 3.63) is 47.1 Å². The SMILES string of the molecule is O=C(NCc1cc(OC[C@H]2CCCCN2)cnc1Cl)c1ccco1. The highest BCUT2D eigenvalue weighted by Crippen LogP contribution is 2.20. The fourth-order valence-electron chi connectivity index (χ4n) is 2.61. The zero-order valence-electron chi connectivity index (χ0n) is 13.3. The maximum Gasteiger partial charge on any atom is 0.287 e. The van der Waals surface area contributed by atoms with E-state index in [2.05, 4.69) is 15.6 Å². The Kier molecular flexibility index (Phi) is 5.72. The third-order valence-corrected chi connectivity index (χ3v) is 4.27.